The van der Waals surface area contributed by atoms with Crippen LogP contribution in [0.25, 0.3) is 0 Å². The maximum absolute atomic E-state index is 12.3. The van der Waals surface area contributed by atoms with Gasteiger partial charge < -0.3 is 15.0 Å². The second-order valence-corrected chi connectivity index (χ2v) is 7.74. The van der Waals surface area contributed by atoms with E-state index < -0.39 is 17.8 Å². The van der Waals surface area contributed by atoms with Crippen LogP contribution in [0.15, 0.2) is 53.0 Å². The molecule has 0 aromatic heterocycles. The molecule has 0 saturated carbocycles. The lowest BCUT2D eigenvalue weighted by Crippen LogP contribution is -2.28. The van der Waals surface area contributed by atoms with E-state index >= 15 is 0 Å². The summed E-state index contributed by atoms with van der Waals surface area (Å²) in [5.41, 5.74) is 2.77. The summed E-state index contributed by atoms with van der Waals surface area (Å²) in [6.45, 7) is 2.39. The number of anilines is 1. The Labute approximate surface area is 172 Å². The Kier molecular flexibility index (Phi) is 6.46. The zero-order chi connectivity index (χ0) is 20.1. The lowest BCUT2D eigenvalue weighted by molar-refractivity contribution is -0.151. The van der Waals surface area contributed by atoms with Crippen molar-refractivity contribution in [2.45, 2.75) is 19.9 Å². The van der Waals surface area contributed by atoms with Gasteiger partial charge in [-0.15, -0.1) is 0 Å². The lowest BCUT2D eigenvalue weighted by Gasteiger charge is -2.16. The van der Waals surface area contributed by atoms with Crippen molar-refractivity contribution in [3.05, 3.63) is 64.1 Å². The normalized spacial score (nSPS) is 16.1. The Hall–Kier alpha value is -2.67. The molecule has 1 aliphatic rings. The molecule has 6 nitrogen and oxygen atoms in total. The largest absolute Gasteiger partial charge is 0.455 e. The summed E-state index contributed by atoms with van der Waals surface area (Å²) in [5.74, 6) is -1.57. The van der Waals surface area contributed by atoms with Gasteiger partial charge in [0, 0.05) is 29.7 Å². The van der Waals surface area contributed by atoms with Crippen LogP contribution >= 0.6 is 15.9 Å². The van der Waals surface area contributed by atoms with Crippen molar-refractivity contribution in [2.75, 3.05) is 18.5 Å². The van der Waals surface area contributed by atoms with Gasteiger partial charge in [-0.3, -0.25) is 14.4 Å². The molecule has 0 aliphatic carbocycles. The van der Waals surface area contributed by atoms with Crippen LogP contribution in [0.1, 0.15) is 17.5 Å². The van der Waals surface area contributed by atoms with Crippen molar-refractivity contribution in [1.82, 2.24) is 4.90 Å². The first-order valence-electron chi connectivity index (χ1n) is 8.96. The number of hydrogen-bond donors (Lipinski definition) is 1. The maximum Gasteiger partial charge on any atom is 0.311 e. The molecule has 2 amide bonds. The molecule has 0 spiro atoms. The Morgan fingerprint density at radius 2 is 1.96 bits per heavy atom. The third kappa shape index (κ3) is 5.42. The number of likely N-dealkylation sites (tertiary alicyclic amines) is 1. The van der Waals surface area contributed by atoms with Crippen LogP contribution in [0.2, 0.25) is 0 Å². The fourth-order valence-corrected chi connectivity index (χ4v) is 3.41. The van der Waals surface area contributed by atoms with Crippen molar-refractivity contribution in [3.63, 3.8) is 0 Å². The summed E-state index contributed by atoms with van der Waals surface area (Å²) in [4.78, 5) is 38.1. The number of esters is 1. The minimum absolute atomic E-state index is 0.0823. The summed E-state index contributed by atoms with van der Waals surface area (Å²) in [5, 5.41) is 2.66. The molecule has 1 N–H and O–H groups in total. The van der Waals surface area contributed by atoms with E-state index in [1.165, 1.54) is 0 Å². The quantitative estimate of drug-likeness (QED) is 0.693. The first-order valence-corrected chi connectivity index (χ1v) is 9.75. The number of ether oxygens (including phenoxy) is 1. The van der Waals surface area contributed by atoms with E-state index in [4.69, 9.17) is 4.74 Å². The van der Waals surface area contributed by atoms with Gasteiger partial charge in [0.05, 0.1) is 5.92 Å². The van der Waals surface area contributed by atoms with E-state index in [-0.39, 0.29) is 18.9 Å². The SMILES string of the molecule is Cc1ccc(CN2CC(C(=O)OCC(=O)Nc3cccc(Br)c3)CC2=O)cc1. The summed E-state index contributed by atoms with van der Waals surface area (Å²) in [6.07, 6.45) is 0.109. The molecule has 2 aromatic rings. The highest BCUT2D eigenvalue weighted by molar-refractivity contribution is 9.10. The molecule has 146 valence electrons. The van der Waals surface area contributed by atoms with Crippen LogP contribution in [-0.4, -0.2) is 35.8 Å². The first kappa shape index (κ1) is 20.1. The van der Waals surface area contributed by atoms with Gasteiger partial charge in [-0.25, -0.2) is 0 Å². The topological polar surface area (TPSA) is 75.7 Å². The van der Waals surface area contributed by atoms with E-state index in [1.807, 2.05) is 37.3 Å². The lowest BCUT2D eigenvalue weighted by atomic mass is 10.1. The van der Waals surface area contributed by atoms with Crippen molar-refractivity contribution in [1.29, 1.82) is 0 Å². The van der Waals surface area contributed by atoms with Gasteiger partial charge >= 0.3 is 5.97 Å². The third-order valence-corrected chi connectivity index (χ3v) is 4.99. The molecule has 7 heteroatoms. The van der Waals surface area contributed by atoms with Crippen LogP contribution in [-0.2, 0) is 25.7 Å². The highest BCUT2D eigenvalue weighted by atomic mass is 79.9. The minimum atomic E-state index is -0.545. The third-order valence-electron chi connectivity index (χ3n) is 4.50. The average molecular weight is 445 g/mol. The van der Waals surface area contributed by atoms with Crippen molar-refractivity contribution in [3.8, 4) is 0 Å². The van der Waals surface area contributed by atoms with Crippen LogP contribution in [0.4, 0.5) is 5.69 Å². The van der Waals surface area contributed by atoms with Gasteiger partial charge in [0.2, 0.25) is 5.91 Å². The molecular weight excluding hydrogens is 424 g/mol. The number of nitrogens with one attached hydrogen (secondary N) is 1. The summed E-state index contributed by atoms with van der Waals surface area (Å²) in [7, 11) is 0. The monoisotopic (exact) mass is 444 g/mol. The predicted molar refractivity (Wildman–Crippen MR) is 108 cm³/mol. The minimum Gasteiger partial charge on any atom is -0.455 e. The highest BCUT2D eigenvalue weighted by Gasteiger charge is 2.35. The van der Waals surface area contributed by atoms with E-state index in [2.05, 4.69) is 21.2 Å². The molecule has 1 heterocycles. The molecule has 1 unspecified atom stereocenters. The number of amides is 2. The van der Waals surface area contributed by atoms with Crippen LogP contribution in [0.5, 0.6) is 0 Å². The summed E-state index contributed by atoms with van der Waals surface area (Å²) >= 11 is 3.32. The molecular formula is C21H21BrN2O4. The van der Waals surface area contributed by atoms with Crippen molar-refractivity contribution in [2.24, 2.45) is 5.92 Å². The molecule has 3 rings (SSSR count). The van der Waals surface area contributed by atoms with Crippen LogP contribution < -0.4 is 5.32 Å². The number of carbonyl (C=O) groups excluding carboxylic acids is 3. The van der Waals surface area contributed by atoms with Crippen LogP contribution in [0.3, 0.4) is 0 Å². The van der Waals surface area contributed by atoms with Gasteiger partial charge in [0.1, 0.15) is 0 Å². The van der Waals surface area contributed by atoms with Crippen LogP contribution in [0, 0.1) is 12.8 Å². The Bertz CT molecular complexity index is 882. The maximum atomic E-state index is 12.3. The average Bonchev–Trinajstić information content (AvgIpc) is 3.02. The molecule has 1 fully saturated rings. The Morgan fingerprint density at radius 1 is 1.21 bits per heavy atom. The van der Waals surface area contributed by atoms with Crippen molar-refractivity contribution >= 4 is 39.4 Å². The standard InChI is InChI=1S/C21H21BrN2O4/c1-14-5-7-15(8-6-14)11-24-12-16(9-20(24)26)21(27)28-13-19(25)23-18-4-2-3-17(22)10-18/h2-8,10,16H,9,11-13H2,1H3,(H,23,25). The van der Waals surface area contributed by atoms with E-state index in [1.54, 1.807) is 23.1 Å². The molecule has 1 atom stereocenters. The van der Waals surface area contributed by atoms with Gasteiger partial charge in [0.25, 0.3) is 5.91 Å². The van der Waals surface area contributed by atoms with Gasteiger partial charge in [0.15, 0.2) is 6.61 Å². The summed E-state index contributed by atoms with van der Waals surface area (Å²) < 4.78 is 5.94. The van der Waals surface area contributed by atoms with E-state index in [9.17, 15) is 14.4 Å². The second-order valence-electron chi connectivity index (χ2n) is 6.83. The number of benzene rings is 2. The number of aryl methyl sites for hydroxylation is 1. The molecule has 1 aliphatic heterocycles. The number of carbonyl (C=O) groups is 3. The second kappa shape index (κ2) is 9.01. The first-order chi connectivity index (χ1) is 13.4. The van der Waals surface area contributed by atoms with E-state index in [0.29, 0.717) is 18.8 Å². The number of halogens is 1. The highest BCUT2D eigenvalue weighted by Crippen LogP contribution is 2.22. The molecule has 0 radical (unpaired) electrons. The smallest absolute Gasteiger partial charge is 0.311 e. The fraction of sp³-hybridized carbons (Fsp3) is 0.286. The molecule has 28 heavy (non-hydrogen) atoms. The van der Waals surface area contributed by atoms with E-state index in [0.717, 1.165) is 15.6 Å². The van der Waals surface area contributed by atoms with Crippen molar-refractivity contribution < 1.29 is 19.1 Å². The molecule has 0 bridgehead atoms. The zero-order valence-electron chi connectivity index (χ0n) is 15.5. The van der Waals surface area contributed by atoms with Gasteiger partial charge in [-0.2, -0.15) is 0 Å². The zero-order valence-corrected chi connectivity index (χ0v) is 17.1. The summed E-state index contributed by atoms with van der Waals surface area (Å²) in [6, 6.07) is 15.0. The fourth-order valence-electron chi connectivity index (χ4n) is 3.01. The number of nitrogens with zero attached hydrogens (tertiary/aromatic N) is 1. The Morgan fingerprint density at radius 3 is 2.68 bits per heavy atom. The molecule has 2 aromatic carbocycles. The Balaban J connectivity index is 1.47. The predicted octanol–water partition coefficient (Wildman–Crippen LogP) is 3.29. The number of rotatable bonds is 6. The van der Waals surface area contributed by atoms with Gasteiger partial charge in [-0.1, -0.05) is 51.8 Å². The van der Waals surface area contributed by atoms with Gasteiger partial charge in [-0.05, 0) is 30.7 Å². The molecule has 1 saturated heterocycles. The number of hydrogen-bond acceptors (Lipinski definition) is 4.